The lowest BCUT2D eigenvalue weighted by Gasteiger charge is -2.17. The Hall–Kier alpha value is -0.570. The van der Waals surface area contributed by atoms with Gasteiger partial charge in [-0.05, 0) is 19.3 Å². The summed E-state index contributed by atoms with van der Waals surface area (Å²) in [4.78, 5) is 11.3. The van der Waals surface area contributed by atoms with Gasteiger partial charge in [0.2, 0.25) is 5.91 Å². The van der Waals surface area contributed by atoms with Gasteiger partial charge in [0.25, 0.3) is 0 Å². The lowest BCUT2D eigenvalue weighted by molar-refractivity contribution is -0.125. The van der Waals surface area contributed by atoms with Gasteiger partial charge >= 0.3 is 0 Å². The molecule has 2 aliphatic rings. The van der Waals surface area contributed by atoms with Gasteiger partial charge in [-0.1, -0.05) is 0 Å². The average Bonchev–Trinajstić information content (AvgIpc) is 2.62. The first-order chi connectivity index (χ1) is 5.31. The molecule has 1 amide bonds. The van der Waals surface area contributed by atoms with E-state index in [1.165, 1.54) is 12.8 Å². The maximum Gasteiger partial charge on any atom is 0.224 e. The van der Waals surface area contributed by atoms with Crippen molar-refractivity contribution in [3.05, 3.63) is 0 Å². The highest BCUT2D eigenvalue weighted by atomic mass is 16.1. The summed E-state index contributed by atoms with van der Waals surface area (Å²) in [6.07, 6.45) is 3.49. The lowest BCUT2D eigenvalue weighted by atomic mass is 9.89. The van der Waals surface area contributed by atoms with Gasteiger partial charge in [-0.15, -0.1) is 0 Å². The molecule has 0 unspecified atom stereocenters. The minimum absolute atomic E-state index is 0.213. The number of amides is 1. The molecule has 0 aromatic heterocycles. The SMILES string of the molecule is CNC(=O)[C@H]1C[C@H]2CC[C@@H]1N2. The molecule has 2 aliphatic heterocycles. The van der Waals surface area contributed by atoms with Gasteiger partial charge < -0.3 is 10.6 Å². The molecule has 62 valence electrons. The van der Waals surface area contributed by atoms with Crippen molar-refractivity contribution in [3.63, 3.8) is 0 Å². The topological polar surface area (TPSA) is 41.1 Å². The summed E-state index contributed by atoms with van der Waals surface area (Å²) in [5.41, 5.74) is 0. The second kappa shape index (κ2) is 2.48. The average molecular weight is 154 g/mol. The molecule has 2 bridgehead atoms. The Labute approximate surface area is 66.5 Å². The molecule has 0 radical (unpaired) electrons. The van der Waals surface area contributed by atoms with Crippen molar-refractivity contribution in [2.45, 2.75) is 31.3 Å². The Morgan fingerprint density at radius 2 is 2.36 bits per heavy atom. The smallest absolute Gasteiger partial charge is 0.224 e. The zero-order valence-corrected chi connectivity index (χ0v) is 6.76. The molecule has 0 saturated carbocycles. The van der Waals surface area contributed by atoms with Crippen molar-refractivity contribution < 1.29 is 4.79 Å². The van der Waals surface area contributed by atoms with Crippen molar-refractivity contribution in [1.29, 1.82) is 0 Å². The van der Waals surface area contributed by atoms with Crippen LogP contribution in [0.5, 0.6) is 0 Å². The Kier molecular flexibility index (Phi) is 1.60. The van der Waals surface area contributed by atoms with Crippen LogP contribution in [0.15, 0.2) is 0 Å². The predicted molar refractivity (Wildman–Crippen MR) is 42.1 cm³/mol. The standard InChI is InChI=1S/C8H14N2O/c1-9-8(11)6-4-5-2-3-7(6)10-5/h5-7,10H,2-4H2,1H3,(H,9,11)/t5-,6+,7+/m1/s1. The van der Waals surface area contributed by atoms with Crippen molar-refractivity contribution in [2.24, 2.45) is 5.92 Å². The quantitative estimate of drug-likeness (QED) is 0.552. The number of carbonyl (C=O) groups excluding carboxylic acids is 1. The summed E-state index contributed by atoms with van der Waals surface area (Å²) in [6, 6.07) is 1.10. The predicted octanol–water partition coefficient (Wildman–Crippen LogP) is -0.127. The van der Waals surface area contributed by atoms with Crippen molar-refractivity contribution in [3.8, 4) is 0 Å². The summed E-state index contributed by atoms with van der Waals surface area (Å²) < 4.78 is 0. The first kappa shape index (κ1) is 7.10. The Balaban J connectivity index is 2.02. The Bertz CT molecular complexity index is 181. The van der Waals surface area contributed by atoms with E-state index in [-0.39, 0.29) is 11.8 Å². The van der Waals surface area contributed by atoms with Crippen LogP contribution >= 0.6 is 0 Å². The molecule has 2 N–H and O–H groups in total. The minimum atomic E-state index is 0.213. The molecule has 2 fully saturated rings. The first-order valence-corrected chi connectivity index (χ1v) is 4.29. The van der Waals surface area contributed by atoms with Crippen molar-refractivity contribution in [1.82, 2.24) is 10.6 Å². The van der Waals surface area contributed by atoms with Crippen LogP contribution in [-0.2, 0) is 4.79 Å². The number of hydrogen-bond acceptors (Lipinski definition) is 2. The molecule has 0 aromatic rings. The van der Waals surface area contributed by atoms with Gasteiger partial charge in [0.1, 0.15) is 0 Å². The van der Waals surface area contributed by atoms with Crippen LogP contribution in [0.1, 0.15) is 19.3 Å². The third kappa shape index (κ3) is 1.03. The summed E-state index contributed by atoms with van der Waals surface area (Å²) in [6.45, 7) is 0. The third-order valence-electron chi connectivity index (χ3n) is 2.88. The number of nitrogens with one attached hydrogen (secondary N) is 2. The molecule has 0 aliphatic carbocycles. The zero-order chi connectivity index (χ0) is 7.84. The van der Waals surface area contributed by atoms with Crippen molar-refractivity contribution >= 4 is 5.91 Å². The van der Waals surface area contributed by atoms with E-state index >= 15 is 0 Å². The van der Waals surface area contributed by atoms with E-state index in [1.807, 2.05) is 0 Å². The monoisotopic (exact) mass is 154 g/mol. The van der Waals surface area contributed by atoms with Gasteiger partial charge in [-0.2, -0.15) is 0 Å². The molecule has 3 atom stereocenters. The Morgan fingerprint density at radius 1 is 1.55 bits per heavy atom. The molecule has 2 saturated heterocycles. The lowest BCUT2D eigenvalue weighted by Crippen LogP contribution is -2.35. The summed E-state index contributed by atoms with van der Waals surface area (Å²) >= 11 is 0. The van der Waals surface area contributed by atoms with Crippen LogP contribution in [0.4, 0.5) is 0 Å². The van der Waals surface area contributed by atoms with E-state index in [9.17, 15) is 4.79 Å². The van der Waals surface area contributed by atoms with E-state index in [4.69, 9.17) is 0 Å². The maximum absolute atomic E-state index is 11.3. The van der Waals surface area contributed by atoms with Gasteiger partial charge in [0, 0.05) is 19.1 Å². The summed E-state index contributed by atoms with van der Waals surface area (Å²) in [7, 11) is 1.72. The number of hydrogen-bond donors (Lipinski definition) is 2. The van der Waals surface area contributed by atoms with E-state index in [2.05, 4.69) is 10.6 Å². The third-order valence-corrected chi connectivity index (χ3v) is 2.88. The Morgan fingerprint density at radius 3 is 2.82 bits per heavy atom. The van der Waals surface area contributed by atoms with Crippen LogP contribution in [-0.4, -0.2) is 25.0 Å². The number of rotatable bonds is 1. The molecule has 11 heavy (non-hydrogen) atoms. The number of fused-ring (bicyclic) bond motifs is 2. The normalized spacial score (nSPS) is 41.0. The molecule has 0 aromatic carbocycles. The number of carbonyl (C=O) groups is 1. The second-order valence-electron chi connectivity index (χ2n) is 3.50. The van der Waals surface area contributed by atoms with Crippen LogP contribution in [0.25, 0.3) is 0 Å². The van der Waals surface area contributed by atoms with Crippen LogP contribution in [0.3, 0.4) is 0 Å². The molecule has 3 nitrogen and oxygen atoms in total. The fourth-order valence-corrected chi connectivity index (χ4v) is 2.30. The highest BCUT2D eigenvalue weighted by Gasteiger charge is 2.42. The van der Waals surface area contributed by atoms with Gasteiger partial charge in [0.15, 0.2) is 0 Å². The molecule has 0 spiro atoms. The fraction of sp³-hybridized carbons (Fsp3) is 0.875. The molecule has 2 heterocycles. The molecule has 2 rings (SSSR count). The molecule has 3 heteroatoms. The van der Waals surface area contributed by atoms with Crippen LogP contribution in [0.2, 0.25) is 0 Å². The van der Waals surface area contributed by atoms with Crippen molar-refractivity contribution in [2.75, 3.05) is 7.05 Å². The minimum Gasteiger partial charge on any atom is -0.359 e. The second-order valence-corrected chi connectivity index (χ2v) is 3.50. The molecular weight excluding hydrogens is 140 g/mol. The molecular formula is C8H14N2O. The first-order valence-electron chi connectivity index (χ1n) is 4.29. The highest BCUT2D eigenvalue weighted by molar-refractivity contribution is 5.79. The maximum atomic E-state index is 11.3. The van der Waals surface area contributed by atoms with E-state index in [0.717, 1.165) is 6.42 Å². The summed E-state index contributed by atoms with van der Waals surface area (Å²) in [5, 5.41) is 6.15. The largest absolute Gasteiger partial charge is 0.359 e. The van der Waals surface area contributed by atoms with E-state index in [1.54, 1.807) is 7.05 Å². The summed E-state index contributed by atoms with van der Waals surface area (Å²) in [5.74, 6) is 0.462. The van der Waals surface area contributed by atoms with Gasteiger partial charge in [-0.3, -0.25) is 4.79 Å². The van der Waals surface area contributed by atoms with E-state index in [0.29, 0.717) is 12.1 Å². The van der Waals surface area contributed by atoms with Crippen LogP contribution < -0.4 is 10.6 Å². The zero-order valence-electron chi connectivity index (χ0n) is 6.76. The van der Waals surface area contributed by atoms with Gasteiger partial charge in [-0.25, -0.2) is 0 Å². The van der Waals surface area contributed by atoms with Crippen LogP contribution in [0, 0.1) is 5.92 Å². The van der Waals surface area contributed by atoms with Gasteiger partial charge in [0.05, 0.1) is 5.92 Å². The fourth-order valence-electron chi connectivity index (χ4n) is 2.30. The van der Waals surface area contributed by atoms with E-state index < -0.39 is 0 Å². The highest BCUT2D eigenvalue weighted by Crippen LogP contribution is 2.32.